The maximum Gasteiger partial charge on any atom is 0.316 e. The predicted octanol–water partition coefficient (Wildman–Crippen LogP) is 4.17. The third-order valence-electron chi connectivity index (χ3n) is 5.30. The van der Waals surface area contributed by atoms with Crippen LogP contribution in [0.5, 0.6) is 6.01 Å². The summed E-state index contributed by atoms with van der Waals surface area (Å²) in [5.41, 5.74) is 1.67. The third-order valence-corrected chi connectivity index (χ3v) is 5.77. The Hall–Kier alpha value is -3.12. The van der Waals surface area contributed by atoms with Crippen molar-refractivity contribution in [2.24, 2.45) is 0 Å². The van der Waals surface area contributed by atoms with Crippen LogP contribution in [0.3, 0.4) is 0 Å². The number of hydrogen-bond donors (Lipinski definition) is 1. The second-order valence-electron chi connectivity index (χ2n) is 8.00. The summed E-state index contributed by atoms with van der Waals surface area (Å²) in [7, 11) is 2.88. The van der Waals surface area contributed by atoms with Crippen molar-refractivity contribution in [1.29, 1.82) is 0 Å². The Morgan fingerprint density at radius 1 is 1.22 bits per heavy atom. The summed E-state index contributed by atoms with van der Waals surface area (Å²) in [4.78, 5) is 27.9. The fraction of sp³-hybridized carbons (Fsp3) is 0.304. The smallest absolute Gasteiger partial charge is 0.316 e. The molecule has 1 aromatic carbocycles. The van der Waals surface area contributed by atoms with Gasteiger partial charge in [0.2, 0.25) is 0 Å². The van der Waals surface area contributed by atoms with Gasteiger partial charge in [0.1, 0.15) is 5.82 Å². The number of amides is 1. The van der Waals surface area contributed by atoms with E-state index < -0.39 is 5.91 Å². The minimum absolute atomic E-state index is 0.0416. The number of halogens is 1. The van der Waals surface area contributed by atoms with Crippen LogP contribution in [0.15, 0.2) is 48.9 Å². The molecule has 1 N–H and O–H groups in total. The molecule has 3 aromatic rings. The molecule has 32 heavy (non-hydrogen) atoms. The lowest BCUT2D eigenvalue weighted by Gasteiger charge is -2.24. The first-order valence-electron chi connectivity index (χ1n) is 10.4. The van der Waals surface area contributed by atoms with E-state index in [1.54, 1.807) is 30.5 Å². The molecule has 0 aliphatic carbocycles. The van der Waals surface area contributed by atoms with E-state index in [2.05, 4.69) is 41.3 Å². The van der Waals surface area contributed by atoms with E-state index in [0.29, 0.717) is 29.2 Å². The molecule has 0 saturated carbocycles. The van der Waals surface area contributed by atoms with Gasteiger partial charge in [0, 0.05) is 48.0 Å². The van der Waals surface area contributed by atoms with Crippen LogP contribution in [-0.4, -0.2) is 45.7 Å². The average Bonchev–Trinajstić information content (AvgIpc) is 3.14. The normalized spacial score (nSPS) is 17.9. The number of rotatable bonds is 6. The molecular formula is C23H25FN5O2P. The van der Waals surface area contributed by atoms with Crippen LogP contribution in [0.1, 0.15) is 30.6 Å². The van der Waals surface area contributed by atoms with Crippen LogP contribution in [-0.2, 0) is 0 Å². The molecule has 2 aromatic heterocycles. The first-order valence-corrected chi connectivity index (χ1v) is 11.0. The molecule has 2 atom stereocenters. The second kappa shape index (κ2) is 9.17. The SMILES string of the molecule is CCOc1ncc(C(=O)Nc2c(-c3ccccc3F)ccnc2N2CCC(C)(P)C2)cn1. The van der Waals surface area contributed by atoms with Gasteiger partial charge in [-0.3, -0.25) is 4.79 Å². The Morgan fingerprint density at radius 3 is 2.62 bits per heavy atom. The summed E-state index contributed by atoms with van der Waals surface area (Å²) in [6.45, 7) is 5.95. The molecule has 0 bridgehead atoms. The monoisotopic (exact) mass is 453 g/mol. The number of nitrogens with one attached hydrogen (secondary N) is 1. The molecule has 7 nitrogen and oxygen atoms in total. The number of benzene rings is 1. The maximum absolute atomic E-state index is 14.7. The third kappa shape index (κ3) is 4.70. The van der Waals surface area contributed by atoms with E-state index in [1.165, 1.54) is 18.5 Å². The van der Waals surface area contributed by atoms with Crippen molar-refractivity contribution in [3.8, 4) is 17.1 Å². The Labute approximate surface area is 188 Å². The van der Waals surface area contributed by atoms with Gasteiger partial charge in [0.25, 0.3) is 5.91 Å². The summed E-state index contributed by atoms with van der Waals surface area (Å²) in [6.07, 6.45) is 5.41. The highest BCUT2D eigenvalue weighted by molar-refractivity contribution is 7.19. The van der Waals surface area contributed by atoms with Crippen LogP contribution >= 0.6 is 9.24 Å². The molecule has 1 aliphatic heterocycles. The van der Waals surface area contributed by atoms with E-state index in [4.69, 9.17) is 4.74 Å². The predicted molar refractivity (Wildman–Crippen MR) is 126 cm³/mol. The molecule has 4 rings (SSSR count). The minimum atomic E-state index is -0.410. The molecule has 1 saturated heterocycles. The first kappa shape index (κ1) is 22.1. The lowest BCUT2D eigenvalue weighted by atomic mass is 10.0. The topological polar surface area (TPSA) is 80.2 Å². The van der Waals surface area contributed by atoms with Gasteiger partial charge in [0.05, 0.1) is 17.9 Å². The van der Waals surface area contributed by atoms with Gasteiger partial charge < -0.3 is 15.0 Å². The zero-order chi connectivity index (χ0) is 22.7. The summed E-state index contributed by atoms with van der Waals surface area (Å²) in [5.74, 6) is -0.174. The summed E-state index contributed by atoms with van der Waals surface area (Å²) in [6, 6.07) is 8.40. The minimum Gasteiger partial charge on any atom is -0.464 e. The fourth-order valence-corrected chi connectivity index (χ4v) is 4.06. The Morgan fingerprint density at radius 2 is 1.97 bits per heavy atom. The van der Waals surface area contributed by atoms with E-state index in [9.17, 15) is 9.18 Å². The fourth-order valence-electron chi connectivity index (χ4n) is 3.71. The number of carbonyl (C=O) groups is 1. The molecule has 2 unspecified atom stereocenters. The van der Waals surface area contributed by atoms with E-state index in [1.807, 2.05) is 6.92 Å². The zero-order valence-electron chi connectivity index (χ0n) is 18.0. The van der Waals surface area contributed by atoms with Crippen molar-refractivity contribution < 1.29 is 13.9 Å². The van der Waals surface area contributed by atoms with Crippen molar-refractivity contribution in [3.63, 3.8) is 0 Å². The van der Waals surface area contributed by atoms with Crippen molar-refractivity contribution in [2.75, 3.05) is 29.9 Å². The van der Waals surface area contributed by atoms with Gasteiger partial charge in [-0.05, 0) is 25.5 Å². The van der Waals surface area contributed by atoms with Gasteiger partial charge in [-0.1, -0.05) is 25.1 Å². The van der Waals surface area contributed by atoms with E-state index >= 15 is 0 Å². The number of ether oxygens (including phenoxy) is 1. The van der Waals surface area contributed by atoms with Crippen LogP contribution in [0.4, 0.5) is 15.9 Å². The summed E-state index contributed by atoms with van der Waals surface area (Å²) < 4.78 is 19.9. The molecule has 0 spiro atoms. The Bertz CT molecular complexity index is 1120. The summed E-state index contributed by atoms with van der Waals surface area (Å²) >= 11 is 0. The van der Waals surface area contributed by atoms with Crippen LogP contribution < -0.4 is 15.0 Å². The highest BCUT2D eigenvalue weighted by Crippen LogP contribution is 2.40. The lowest BCUT2D eigenvalue weighted by molar-refractivity contribution is 0.102. The Balaban J connectivity index is 1.74. The zero-order valence-corrected chi connectivity index (χ0v) is 19.2. The van der Waals surface area contributed by atoms with Gasteiger partial charge in [-0.15, -0.1) is 9.24 Å². The van der Waals surface area contributed by atoms with Gasteiger partial charge >= 0.3 is 6.01 Å². The van der Waals surface area contributed by atoms with Crippen LogP contribution in [0.25, 0.3) is 11.1 Å². The van der Waals surface area contributed by atoms with E-state index in [0.717, 1.165) is 19.5 Å². The molecule has 3 heterocycles. The Kier molecular flexibility index (Phi) is 6.33. The van der Waals surface area contributed by atoms with Crippen molar-refractivity contribution >= 4 is 26.7 Å². The maximum atomic E-state index is 14.7. The van der Waals surface area contributed by atoms with Crippen molar-refractivity contribution in [1.82, 2.24) is 15.0 Å². The van der Waals surface area contributed by atoms with Gasteiger partial charge in [-0.25, -0.2) is 19.3 Å². The average molecular weight is 453 g/mol. The van der Waals surface area contributed by atoms with Gasteiger partial charge in [-0.2, -0.15) is 0 Å². The number of nitrogens with zero attached hydrogens (tertiary/aromatic N) is 4. The van der Waals surface area contributed by atoms with Crippen LogP contribution in [0.2, 0.25) is 0 Å². The first-order chi connectivity index (χ1) is 15.4. The largest absolute Gasteiger partial charge is 0.464 e. The van der Waals surface area contributed by atoms with Crippen molar-refractivity contribution in [2.45, 2.75) is 25.4 Å². The molecule has 9 heteroatoms. The quantitative estimate of drug-likeness (QED) is 0.565. The number of hydrogen-bond acceptors (Lipinski definition) is 6. The highest BCUT2D eigenvalue weighted by Gasteiger charge is 2.32. The highest BCUT2D eigenvalue weighted by atomic mass is 31.0. The number of anilines is 2. The molecule has 1 amide bonds. The number of aromatic nitrogens is 3. The van der Waals surface area contributed by atoms with Gasteiger partial charge in [0.15, 0.2) is 5.82 Å². The van der Waals surface area contributed by atoms with Crippen LogP contribution in [0, 0.1) is 5.82 Å². The molecule has 166 valence electrons. The number of pyridine rings is 1. The van der Waals surface area contributed by atoms with Crippen molar-refractivity contribution in [3.05, 3.63) is 60.3 Å². The molecule has 0 radical (unpaired) electrons. The standard InChI is InChI=1S/C23H25FN5O2P/c1-3-31-22-26-12-15(13-27-22)21(30)28-19-17(16-6-4-5-7-18(16)24)8-10-25-20(19)29-11-9-23(2,32)14-29/h4-8,10,12-13H,3,9,11,14,32H2,1-2H3,(H,28,30). The van der Waals surface area contributed by atoms with E-state index in [-0.39, 0.29) is 22.5 Å². The second-order valence-corrected chi connectivity index (χ2v) is 9.40. The molecular weight excluding hydrogens is 428 g/mol. The molecule has 1 aliphatic rings. The molecule has 1 fully saturated rings. The lowest BCUT2D eigenvalue weighted by Crippen LogP contribution is -2.27. The summed E-state index contributed by atoms with van der Waals surface area (Å²) in [5, 5.41) is 2.98. The number of carbonyl (C=O) groups excluding carboxylic acids is 1.